The number of rotatable bonds is 3. The number of nitrogens with one attached hydrogen (secondary N) is 1. The van der Waals surface area contributed by atoms with Gasteiger partial charge < -0.3 is 0 Å². The first-order valence-corrected chi connectivity index (χ1v) is 7.75. The lowest BCUT2D eigenvalue weighted by atomic mass is 10.2. The second-order valence-corrected chi connectivity index (χ2v) is 5.77. The van der Waals surface area contributed by atoms with Crippen LogP contribution in [0.15, 0.2) is 65.8 Å². The Hall–Kier alpha value is -2.28. The molecule has 1 heterocycles. The van der Waals surface area contributed by atoms with Crippen molar-refractivity contribution >= 4 is 45.6 Å². The zero-order valence-electron chi connectivity index (χ0n) is 11.5. The Bertz CT molecular complexity index is 861. The molecule has 0 aliphatic heterocycles. The Balaban J connectivity index is 1.74. The minimum absolute atomic E-state index is 0.326. The molecule has 5 heteroatoms. The topological polar surface area (TPSA) is 54.4 Å². The maximum absolute atomic E-state index is 12.1. The molecule has 0 atom stereocenters. The van der Waals surface area contributed by atoms with Gasteiger partial charge in [0.15, 0.2) is 0 Å². The summed E-state index contributed by atoms with van der Waals surface area (Å²) in [5, 5.41) is 4.99. The highest BCUT2D eigenvalue weighted by Crippen LogP contribution is 2.12. The van der Waals surface area contributed by atoms with Crippen molar-refractivity contribution in [1.29, 1.82) is 0 Å². The number of hydrogen-bond acceptors (Lipinski definition) is 3. The Morgan fingerprint density at radius 2 is 1.82 bits per heavy atom. The molecule has 0 radical (unpaired) electrons. The van der Waals surface area contributed by atoms with Crippen molar-refractivity contribution in [2.45, 2.75) is 0 Å². The molecule has 3 rings (SSSR count). The summed E-state index contributed by atoms with van der Waals surface area (Å²) in [6.07, 6.45) is 1.63. The predicted molar refractivity (Wildman–Crippen MR) is 96.0 cm³/mol. The lowest BCUT2D eigenvalue weighted by Crippen LogP contribution is -2.19. The fourth-order valence-electron chi connectivity index (χ4n) is 1.99. The molecule has 1 N–H and O–H groups in total. The molecular weight excluding hydrogens is 389 g/mol. The largest absolute Gasteiger partial charge is 0.289 e. The van der Waals surface area contributed by atoms with E-state index in [-0.39, 0.29) is 5.91 Å². The van der Waals surface area contributed by atoms with Crippen LogP contribution in [0.25, 0.3) is 10.9 Å². The number of carbonyl (C=O) groups is 1. The summed E-state index contributed by atoms with van der Waals surface area (Å²) in [7, 11) is 0. The molecule has 4 nitrogen and oxygen atoms in total. The average Bonchev–Trinajstić information content (AvgIpc) is 2.56. The van der Waals surface area contributed by atoms with Gasteiger partial charge in [0.2, 0.25) is 0 Å². The summed E-state index contributed by atoms with van der Waals surface area (Å²) < 4.78 is 1.07. The van der Waals surface area contributed by atoms with Crippen molar-refractivity contribution in [1.82, 2.24) is 10.4 Å². The van der Waals surface area contributed by atoms with Gasteiger partial charge in [-0.3, -0.25) is 4.79 Å². The molecule has 3 aromatic rings. The second-order valence-electron chi connectivity index (χ2n) is 4.61. The molecule has 2 aromatic carbocycles. The highest BCUT2D eigenvalue weighted by atomic mass is 127. The fourth-order valence-corrected chi connectivity index (χ4v) is 2.52. The minimum Gasteiger partial charge on any atom is -0.266 e. The molecule has 0 saturated carbocycles. The fraction of sp³-hybridized carbons (Fsp3) is 0. The van der Waals surface area contributed by atoms with Crippen LogP contribution < -0.4 is 5.43 Å². The Morgan fingerprint density at radius 3 is 2.68 bits per heavy atom. The molecule has 22 heavy (non-hydrogen) atoms. The minimum atomic E-state index is -0.326. The van der Waals surface area contributed by atoms with Crippen molar-refractivity contribution in [3.8, 4) is 0 Å². The van der Waals surface area contributed by atoms with Crippen LogP contribution >= 0.6 is 22.6 Å². The van der Waals surface area contributed by atoms with Crippen molar-refractivity contribution in [2.75, 3.05) is 0 Å². The summed E-state index contributed by atoms with van der Waals surface area (Å²) in [5.74, 6) is -0.326. The number of aromatic nitrogens is 1. The lowest BCUT2D eigenvalue weighted by Gasteiger charge is -2.02. The van der Waals surface area contributed by atoms with E-state index in [9.17, 15) is 4.79 Å². The van der Waals surface area contributed by atoms with Gasteiger partial charge in [0.25, 0.3) is 5.91 Å². The van der Waals surface area contributed by atoms with Gasteiger partial charge in [-0.15, -0.1) is 0 Å². The number of amides is 1. The van der Waals surface area contributed by atoms with E-state index in [1.54, 1.807) is 12.3 Å². The van der Waals surface area contributed by atoms with Crippen molar-refractivity contribution in [3.63, 3.8) is 0 Å². The average molecular weight is 401 g/mol. The van der Waals surface area contributed by atoms with Gasteiger partial charge in [-0.1, -0.05) is 42.5 Å². The number of hydrogen-bond donors (Lipinski definition) is 1. The van der Waals surface area contributed by atoms with E-state index in [2.05, 4.69) is 38.1 Å². The molecule has 0 unspecified atom stereocenters. The smallest absolute Gasteiger partial charge is 0.266 e. The highest BCUT2D eigenvalue weighted by molar-refractivity contribution is 14.1. The third-order valence-electron chi connectivity index (χ3n) is 3.11. The van der Waals surface area contributed by atoms with Crippen molar-refractivity contribution in [3.05, 3.63) is 75.5 Å². The van der Waals surface area contributed by atoms with Crippen molar-refractivity contribution < 1.29 is 4.79 Å². The molecule has 0 fully saturated rings. The zero-order valence-corrected chi connectivity index (χ0v) is 13.7. The van der Waals surface area contributed by atoms with E-state index in [0.29, 0.717) is 5.69 Å². The highest BCUT2D eigenvalue weighted by Gasteiger charge is 2.06. The van der Waals surface area contributed by atoms with Gasteiger partial charge >= 0.3 is 0 Å². The first-order chi connectivity index (χ1) is 10.7. The molecule has 0 saturated heterocycles. The first kappa shape index (κ1) is 14.6. The molecule has 108 valence electrons. The number of para-hydroxylation sites is 1. The van der Waals surface area contributed by atoms with E-state index in [4.69, 9.17) is 0 Å². The van der Waals surface area contributed by atoms with Crippen LogP contribution in [0, 0.1) is 3.57 Å². The van der Waals surface area contributed by atoms with Gasteiger partial charge in [-0.2, -0.15) is 5.10 Å². The number of fused-ring (bicyclic) bond motifs is 1. The Kier molecular flexibility index (Phi) is 4.43. The van der Waals surface area contributed by atoms with Gasteiger partial charge in [-0.05, 0) is 40.8 Å². The number of nitrogens with zero attached hydrogens (tertiary/aromatic N) is 2. The van der Waals surface area contributed by atoms with E-state index in [1.807, 2.05) is 54.6 Å². The summed E-state index contributed by atoms with van der Waals surface area (Å²) in [4.78, 5) is 16.4. The van der Waals surface area contributed by atoms with Crippen LogP contribution in [0.2, 0.25) is 0 Å². The molecule has 0 spiro atoms. The normalized spacial score (nSPS) is 11.0. The SMILES string of the molecule is O=C(NN=Cc1ccccc1I)c1ccc2ccccc2n1. The summed E-state index contributed by atoms with van der Waals surface area (Å²) in [6.45, 7) is 0. The number of benzene rings is 2. The molecule has 0 bridgehead atoms. The summed E-state index contributed by atoms with van der Waals surface area (Å²) >= 11 is 2.22. The van der Waals surface area contributed by atoms with E-state index in [0.717, 1.165) is 20.0 Å². The molecule has 1 amide bonds. The monoisotopic (exact) mass is 401 g/mol. The first-order valence-electron chi connectivity index (χ1n) is 6.68. The van der Waals surface area contributed by atoms with E-state index >= 15 is 0 Å². The summed E-state index contributed by atoms with van der Waals surface area (Å²) in [6, 6.07) is 19.0. The Morgan fingerprint density at radius 1 is 1.05 bits per heavy atom. The van der Waals surface area contributed by atoms with Crippen LogP contribution in [-0.2, 0) is 0 Å². The number of halogens is 1. The number of carbonyl (C=O) groups excluding carboxylic acids is 1. The third kappa shape index (κ3) is 3.30. The Labute approximate surface area is 141 Å². The van der Waals surface area contributed by atoms with Gasteiger partial charge in [0.1, 0.15) is 5.69 Å². The van der Waals surface area contributed by atoms with Crippen LogP contribution in [0.1, 0.15) is 16.1 Å². The number of pyridine rings is 1. The van der Waals surface area contributed by atoms with Crippen LogP contribution in [0.4, 0.5) is 0 Å². The lowest BCUT2D eigenvalue weighted by molar-refractivity contribution is 0.0950. The van der Waals surface area contributed by atoms with E-state index < -0.39 is 0 Å². The quantitative estimate of drug-likeness (QED) is 0.414. The maximum atomic E-state index is 12.1. The van der Waals surface area contributed by atoms with Crippen LogP contribution in [-0.4, -0.2) is 17.1 Å². The zero-order chi connectivity index (χ0) is 15.4. The predicted octanol–water partition coefficient (Wildman–Crippen LogP) is 3.60. The molecular formula is C17H12IN3O. The van der Waals surface area contributed by atoms with Gasteiger partial charge in [-0.25, -0.2) is 10.4 Å². The summed E-state index contributed by atoms with van der Waals surface area (Å²) in [5.41, 5.74) is 4.59. The molecule has 0 aliphatic carbocycles. The van der Waals surface area contributed by atoms with E-state index in [1.165, 1.54) is 0 Å². The standard InChI is InChI=1S/C17H12IN3O/c18-14-7-3-1-6-13(14)11-19-21-17(22)16-10-9-12-5-2-4-8-15(12)20-16/h1-11H,(H,21,22). The molecule has 0 aliphatic rings. The molecule has 1 aromatic heterocycles. The van der Waals surface area contributed by atoms with Crippen molar-refractivity contribution in [2.24, 2.45) is 5.10 Å². The van der Waals surface area contributed by atoms with Gasteiger partial charge in [0.05, 0.1) is 11.7 Å². The van der Waals surface area contributed by atoms with Crippen LogP contribution in [0.5, 0.6) is 0 Å². The number of hydrazone groups is 1. The third-order valence-corrected chi connectivity index (χ3v) is 4.09. The maximum Gasteiger partial charge on any atom is 0.289 e. The van der Waals surface area contributed by atoms with Crippen LogP contribution in [0.3, 0.4) is 0 Å². The van der Waals surface area contributed by atoms with Gasteiger partial charge in [0, 0.05) is 14.5 Å². The second kappa shape index (κ2) is 6.65.